The van der Waals surface area contributed by atoms with Crippen LogP contribution in [0.3, 0.4) is 0 Å². The van der Waals surface area contributed by atoms with Gasteiger partial charge in [-0.1, -0.05) is 6.42 Å². The molecule has 1 aliphatic carbocycles. The summed E-state index contributed by atoms with van der Waals surface area (Å²) in [5.74, 6) is -2.86. The maximum absolute atomic E-state index is 9.10. The number of carboxylic acids is 2. The molecule has 0 bridgehead atoms. The van der Waals surface area contributed by atoms with Crippen molar-refractivity contribution in [3.05, 3.63) is 6.92 Å². The van der Waals surface area contributed by atoms with Gasteiger partial charge in [0.25, 0.3) is 0 Å². The summed E-state index contributed by atoms with van der Waals surface area (Å²) in [4.78, 5) is 18.2. The molecule has 5 nitrogen and oxygen atoms in total. The summed E-state index contributed by atoms with van der Waals surface area (Å²) >= 11 is 0. The number of rotatable bonds is 0. The third kappa shape index (κ3) is 13.5. The Morgan fingerprint density at radius 2 is 1.33 bits per heavy atom. The van der Waals surface area contributed by atoms with Crippen LogP contribution in [0.5, 0.6) is 0 Å². The molecule has 0 spiro atoms. The zero-order valence-corrected chi connectivity index (χ0v) is 10.8. The van der Waals surface area contributed by atoms with E-state index in [4.69, 9.17) is 19.8 Å². The van der Waals surface area contributed by atoms with Gasteiger partial charge >= 0.3 is 11.9 Å². The van der Waals surface area contributed by atoms with E-state index in [1.54, 1.807) is 0 Å². The molecule has 0 aromatic heterocycles. The quantitative estimate of drug-likeness (QED) is 0.425. The van der Waals surface area contributed by atoms with Crippen LogP contribution >= 0.6 is 0 Å². The van der Waals surface area contributed by atoms with Crippen molar-refractivity contribution in [1.82, 2.24) is 6.15 Å². The summed E-state index contributed by atoms with van der Waals surface area (Å²) in [5.41, 5.74) is 0. The van der Waals surface area contributed by atoms with E-state index in [9.17, 15) is 0 Å². The molecule has 0 radical (unpaired) electrons. The van der Waals surface area contributed by atoms with Crippen molar-refractivity contribution >= 4 is 11.9 Å². The molecule has 0 unspecified atom stereocenters. The minimum absolute atomic E-state index is 0. The predicted octanol–water partition coefficient (Wildman–Crippen LogP) is 1.72. The molecule has 0 aliphatic heterocycles. The minimum Gasteiger partial charge on any atom is -0.473 e. The maximum Gasteiger partial charge on any atom is 0.414 e. The van der Waals surface area contributed by atoms with Gasteiger partial charge in [-0.15, -0.1) is 0 Å². The topological polar surface area (TPSA) is 110 Å². The first-order chi connectivity index (χ1) is 6.04. The van der Waals surface area contributed by atoms with Crippen molar-refractivity contribution in [1.29, 1.82) is 0 Å². The molecule has 6 heteroatoms. The second kappa shape index (κ2) is 11.5. The molecule has 0 aromatic carbocycles. The largest absolute Gasteiger partial charge is 0.473 e. The van der Waals surface area contributed by atoms with Gasteiger partial charge in [-0.05, 0) is 25.7 Å². The molecular formula is C9H18NO4Pt+. The molecule has 92 valence electrons. The molecule has 1 fully saturated rings. The van der Waals surface area contributed by atoms with E-state index in [-0.39, 0.29) is 27.2 Å². The molecule has 5 N–H and O–H groups in total. The van der Waals surface area contributed by atoms with Crippen LogP contribution in [0.4, 0.5) is 0 Å². The summed E-state index contributed by atoms with van der Waals surface area (Å²) in [6.45, 7) is 4.00. The first-order valence-electron chi connectivity index (χ1n) is 4.33. The van der Waals surface area contributed by atoms with Gasteiger partial charge in [0.15, 0.2) is 0 Å². The Morgan fingerprint density at radius 3 is 1.47 bits per heavy atom. The minimum atomic E-state index is -1.82. The number of hydrogen-bond donors (Lipinski definition) is 3. The second-order valence-corrected chi connectivity index (χ2v) is 3.11. The van der Waals surface area contributed by atoms with Crippen LogP contribution in [0.2, 0.25) is 0 Å². The van der Waals surface area contributed by atoms with Gasteiger partial charge < -0.3 is 16.4 Å². The number of aliphatic carboxylic acids is 2. The van der Waals surface area contributed by atoms with Gasteiger partial charge in [-0.25, -0.2) is 9.59 Å². The summed E-state index contributed by atoms with van der Waals surface area (Å²) < 4.78 is 0. The van der Waals surface area contributed by atoms with Gasteiger partial charge in [0.05, 0.1) is 12.8 Å². The Hall–Kier alpha value is -0.542. The van der Waals surface area contributed by atoms with E-state index in [1.807, 2.05) is 0 Å². The van der Waals surface area contributed by atoms with Gasteiger partial charge in [0.1, 0.15) is 0 Å². The zero-order valence-electron chi connectivity index (χ0n) is 8.55. The molecule has 0 heterocycles. The zero-order chi connectivity index (χ0) is 10.3. The Morgan fingerprint density at radius 1 is 1.00 bits per heavy atom. The van der Waals surface area contributed by atoms with E-state index in [1.165, 1.54) is 32.1 Å². The summed E-state index contributed by atoms with van der Waals surface area (Å²) in [5, 5.41) is 14.8. The first kappa shape index (κ1) is 19.9. The van der Waals surface area contributed by atoms with Crippen molar-refractivity contribution in [2.45, 2.75) is 32.1 Å². The number of carbonyl (C=O) groups is 2. The van der Waals surface area contributed by atoms with Crippen LogP contribution in [-0.4, -0.2) is 22.2 Å². The fourth-order valence-electron chi connectivity index (χ4n) is 1.19. The van der Waals surface area contributed by atoms with Crippen LogP contribution in [-0.2, 0) is 30.7 Å². The van der Waals surface area contributed by atoms with Crippen LogP contribution in [0.25, 0.3) is 0 Å². The number of carboxylic acid groups (broad SMARTS) is 2. The number of hydrogen-bond acceptors (Lipinski definition) is 3. The van der Waals surface area contributed by atoms with Crippen molar-refractivity contribution in [2.75, 3.05) is 0 Å². The molecule has 15 heavy (non-hydrogen) atoms. The van der Waals surface area contributed by atoms with Crippen molar-refractivity contribution in [3.63, 3.8) is 0 Å². The fourth-order valence-corrected chi connectivity index (χ4v) is 1.19. The van der Waals surface area contributed by atoms with Crippen molar-refractivity contribution < 1.29 is 40.9 Å². The Kier molecular flexibility index (Phi) is 15.3. The molecule has 1 saturated carbocycles. The van der Waals surface area contributed by atoms with Gasteiger partial charge in [-0.3, -0.25) is 0 Å². The van der Waals surface area contributed by atoms with E-state index in [0.717, 1.165) is 5.92 Å². The summed E-state index contributed by atoms with van der Waals surface area (Å²) in [6, 6.07) is 0. The standard InChI is InChI=1S/C7H13.C2H2O4.H3N.Pt/c1-7-5-3-2-4-6-7;3-1(4)2(5)6;;/h7H,1-6H2;(H,3,4)(H,5,6);1H3;/q+1;;;. The van der Waals surface area contributed by atoms with Crippen LogP contribution in [0.15, 0.2) is 0 Å². The molecule has 0 aromatic rings. The maximum atomic E-state index is 9.10. The van der Waals surface area contributed by atoms with Crippen LogP contribution < -0.4 is 6.15 Å². The van der Waals surface area contributed by atoms with Crippen molar-refractivity contribution in [2.24, 2.45) is 5.92 Å². The van der Waals surface area contributed by atoms with Gasteiger partial charge in [0.2, 0.25) is 0 Å². The van der Waals surface area contributed by atoms with E-state index in [2.05, 4.69) is 6.92 Å². The summed E-state index contributed by atoms with van der Waals surface area (Å²) in [7, 11) is 0. The Labute approximate surface area is 104 Å². The van der Waals surface area contributed by atoms with E-state index in [0.29, 0.717) is 0 Å². The van der Waals surface area contributed by atoms with Crippen molar-refractivity contribution in [3.8, 4) is 0 Å². The molecule has 1 rings (SSSR count). The summed E-state index contributed by atoms with van der Waals surface area (Å²) in [6.07, 6.45) is 7.05. The second-order valence-electron chi connectivity index (χ2n) is 3.11. The van der Waals surface area contributed by atoms with Gasteiger partial charge in [-0.2, -0.15) is 0 Å². The fraction of sp³-hybridized carbons (Fsp3) is 0.667. The third-order valence-corrected chi connectivity index (χ3v) is 1.91. The smallest absolute Gasteiger partial charge is 0.414 e. The molecule has 1 aliphatic rings. The normalized spacial score (nSPS) is 14.7. The van der Waals surface area contributed by atoms with E-state index >= 15 is 0 Å². The Bertz CT molecular complexity index is 169. The third-order valence-electron chi connectivity index (χ3n) is 1.91. The predicted molar refractivity (Wildman–Crippen MR) is 52.2 cm³/mol. The molecular weight excluding hydrogens is 381 g/mol. The molecule has 0 saturated heterocycles. The average molecular weight is 399 g/mol. The monoisotopic (exact) mass is 399 g/mol. The van der Waals surface area contributed by atoms with E-state index < -0.39 is 11.9 Å². The van der Waals surface area contributed by atoms with Crippen LogP contribution in [0, 0.1) is 12.8 Å². The average Bonchev–Trinajstić information content (AvgIpc) is 2.06. The molecule has 0 amide bonds. The SMILES string of the molecule is N.O=C(O)C(=O)O.[CH2+]C1CCCCC1.[Pt]. The molecule has 0 atom stereocenters. The van der Waals surface area contributed by atoms with Crippen LogP contribution in [0.1, 0.15) is 32.1 Å². The Balaban J connectivity index is -0.000000172. The first-order valence-corrected chi connectivity index (χ1v) is 4.33. The van der Waals surface area contributed by atoms with Gasteiger partial charge in [0, 0.05) is 21.1 Å².